The Morgan fingerprint density at radius 1 is 1.40 bits per heavy atom. The summed E-state index contributed by atoms with van der Waals surface area (Å²) in [6.07, 6.45) is 0. The first-order chi connectivity index (χ1) is 7.24. The molecule has 1 atom stereocenters. The summed E-state index contributed by atoms with van der Waals surface area (Å²) in [5.41, 5.74) is 5.55. The Morgan fingerprint density at radius 3 is 2.67 bits per heavy atom. The summed E-state index contributed by atoms with van der Waals surface area (Å²) in [6, 6.07) is 8.09. The minimum atomic E-state index is -0.731. The highest BCUT2D eigenvalue weighted by molar-refractivity contribution is 5.78. The molecule has 15 heavy (non-hydrogen) atoms. The van der Waals surface area contributed by atoms with Crippen LogP contribution in [-0.2, 0) is 9.53 Å². The lowest BCUT2D eigenvalue weighted by Crippen LogP contribution is -2.38. The first-order valence-corrected chi connectivity index (χ1v) is 4.84. The van der Waals surface area contributed by atoms with Gasteiger partial charge in [0.2, 0.25) is 0 Å². The smallest absolute Gasteiger partial charge is 0.330 e. The predicted octanol–water partition coefficient (Wildman–Crippen LogP) is 0.956. The summed E-state index contributed by atoms with van der Waals surface area (Å²) in [5.74, 6) is 0.0177. The lowest BCUT2D eigenvalue weighted by atomic mass is 10.3. The Balaban J connectivity index is 2.42. The summed E-state index contributed by atoms with van der Waals surface area (Å²) in [4.78, 5) is 11.4. The first-order valence-electron chi connectivity index (χ1n) is 4.84. The minimum Gasteiger partial charge on any atom is -0.425 e. The molecule has 0 saturated carbocycles. The summed E-state index contributed by atoms with van der Waals surface area (Å²) < 4.78 is 10.1. The van der Waals surface area contributed by atoms with Gasteiger partial charge in [-0.2, -0.15) is 0 Å². The summed E-state index contributed by atoms with van der Waals surface area (Å²) in [5, 5.41) is 0. The van der Waals surface area contributed by atoms with Gasteiger partial charge in [-0.1, -0.05) is 18.2 Å². The fourth-order valence-corrected chi connectivity index (χ4v) is 0.993. The maximum atomic E-state index is 11.4. The number of esters is 1. The zero-order chi connectivity index (χ0) is 11.1. The van der Waals surface area contributed by atoms with Gasteiger partial charge in [-0.25, -0.2) is 4.79 Å². The number of carbonyl (C=O) groups is 1. The van der Waals surface area contributed by atoms with Gasteiger partial charge in [0.25, 0.3) is 0 Å². The molecule has 0 fully saturated rings. The Hall–Kier alpha value is -1.39. The molecule has 0 aliphatic carbocycles. The third-order valence-electron chi connectivity index (χ3n) is 1.77. The molecule has 0 saturated heterocycles. The van der Waals surface area contributed by atoms with Crippen molar-refractivity contribution in [2.24, 2.45) is 5.73 Å². The molecule has 1 rings (SSSR count). The fourth-order valence-electron chi connectivity index (χ4n) is 0.993. The van der Waals surface area contributed by atoms with Gasteiger partial charge in [0.05, 0.1) is 6.61 Å². The molecule has 4 nitrogen and oxygen atoms in total. The van der Waals surface area contributed by atoms with Crippen LogP contribution in [0.2, 0.25) is 0 Å². The molecule has 2 N–H and O–H groups in total. The van der Waals surface area contributed by atoms with Gasteiger partial charge in [0.15, 0.2) is 0 Å². The van der Waals surface area contributed by atoms with Crippen molar-refractivity contribution in [3.05, 3.63) is 30.3 Å². The van der Waals surface area contributed by atoms with Crippen LogP contribution >= 0.6 is 0 Å². The van der Waals surface area contributed by atoms with Gasteiger partial charge in [-0.3, -0.25) is 0 Å². The molecule has 0 aliphatic rings. The van der Waals surface area contributed by atoms with Gasteiger partial charge in [-0.15, -0.1) is 0 Å². The van der Waals surface area contributed by atoms with Gasteiger partial charge >= 0.3 is 5.97 Å². The van der Waals surface area contributed by atoms with E-state index >= 15 is 0 Å². The van der Waals surface area contributed by atoms with Gasteiger partial charge in [-0.05, 0) is 19.1 Å². The molecule has 82 valence electrons. The van der Waals surface area contributed by atoms with Crippen molar-refractivity contribution in [1.29, 1.82) is 0 Å². The summed E-state index contributed by atoms with van der Waals surface area (Å²) >= 11 is 0. The molecule has 0 heterocycles. The van der Waals surface area contributed by atoms with Gasteiger partial charge < -0.3 is 15.2 Å². The highest BCUT2D eigenvalue weighted by atomic mass is 16.5. The van der Waals surface area contributed by atoms with E-state index in [1.165, 1.54) is 0 Å². The van der Waals surface area contributed by atoms with Crippen molar-refractivity contribution in [1.82, 2.24) is 0 Å². The van der Waals surface area contributed by atoms with E-state index in [9.17, 15) is 4.79 Å². The molecule has 0 aromatic heterocycles. The number of hydrogen-bond donors (Lipinski definition) is 1. The monoisotopic (exact) mass is 209 g/mol. The van der Waals surface area contributed by atoms with E-state index in [0.717, 1.165) is 0 Å². The highest BCUT2D eigenvalue weighted by Gasteiger charge is 2.15. The van der Waals surface area contributed by atoms with Gasteiger partial charge in [0, 0.05) is 6.61 Å². The van der Waals surface area contributed by atoms with Crippen LogP contribution in [0.25, 0.3) is 0 Å². The van der Waals surface area contributed by atoms with E-state index in [2.05, 4.69) is 0 Å². The lowest BCUT2D eigenvalue weighted by molar-refractivity contribution is -0.137. The second-order valence-electron chi connectivity index (χ2n) is 3.00. The summed E-state index contributed by atoms with van der Waals surface area (Å²) in [7, 11) is 0. The Bertz CT molecular complexity index is 300. The van der Waals surface area contributed by atoms with Crippen molar-refractivity contribution in [2.75, 3.05) is 13.2 Å². The summed E-state index contributed by atoms with van der Waals surface area (Å²) in [6.45, 7) is 2.56. The molecular weight excluding hydrogens is 194 g/mol. The number of ether oxygens (including phenoxy) is 2. The third kappa shape index (κ3) is 4.10. The largest absolute Gasteiger partial charge is 0.425 e. The Labute approximate surface area is 89.0 Å². The Morgan fingerprint density at radius 2 is 2.07 bits per heavy atom. The van der Waals surface area contributed by atoms with Crippen LogP contribution in [0.15, 0.2) is 30.3 Å². The lowest BCUT2D eigenvalue weighted by Gasteiger charge is -2.10. The molecule has 0 spiro atoms. The molecule has 4 heteroatoms. The molecule has 1 aromatic carbocycles. The second-order valence-corrected chi connectivity index (χ2v) is 3.00. The molecule has 0 radical (unpaired) electrons. The topological polar surface area (TPSA) is 61.5 Å². The first kappa shape index (κ1) is 11.7. The third-order valence-corrected chi connectivity index (χ3v) is 1.77. The SMILES string of the molecule is CCOCC(N)C(=O)Oc1ccccc1. The van der Waals surface area contributed by atoms with Crippen LogP contribution in [0.4, 0.5) is 0 Å². The number of carbonyl (C=O) groups excluding carboxylic acids is 1. The molecular formula is C11H15NO3. The quantitative estimate of drug-likeness (QED) is 0.579. The van der Waals surface area contributed by atoms with E-state index < -0.39 is 12.0 Å². The Kier molecular flexibility index (Phi) is 4.80. The van der Waals surface area contributed by atoms with Crippen LogP contribution in [0.3, 0.4) is 0 Å². The average Bonchev–Trinajstić information content (AvgIpc) is 2.27. The van der Waals surface area contributed by atoms with E-state index in [1.807, 2.05) is 13.0 Å². The van der Waals surface area contributed by atoms with Crippen LogP contribution in [0, 0.1) is 0 Å². The van der Waals surface area contributed by atoms with E-state index in [0.29, 0.717) is 12.4 Å². The maximum absolute atomic E-state index is 11.4. The number of para-hydroxylation sites is 1. The van der Waals surface area contributed by atoms with Crippen molar-refractivity contribution in [3.63, 3.8) is 0 Å². The zero-order valence-corrected chi connectivity index (χ0v) is 8.68. The van der Waals surface area contributed by atoms with Crippen LogP contribution in [-0.4, -0.2) is 25.2 Å². The van der Waals surface area contributed by atoms with Crippen molar-refractivity contribution < 1.29 is 14.3 Å². The molecule has 1 unspecified atom stereocenters. The van der Waals surface area contributed by atoms with E-state index in [1.54, 1.807) is 24.3 Å². The number of nitrogens with two attached hydrogens (primary N) is 1. The number of benzene rings is 1. The molecule has 0 bridgehead atoms. The number of hydrogen-bond acceptors (Lipinski definition) is 4. The van der Waals surface area contributed by atoms with Crippen molar-refractivity contribution in [2.45, 2.75) is 13.0 Å². The minimum absolute atomic E-state index is 0.183. The standard InChI is InChI=1S/C11H15NO3/c1-2-14-8-10(12)11(13)15-9-6-4-3-5-7-9/h3-7,10H,2,8,12H2,1H3. The molecule has 0 aliphatic heterocycles. The average molecular weight is 209 g/mol. The van der Waals surface area contributed by atoms with Crippen LogP contribution in [0.1, 0.15) is 6.92 Å². The zero-order valence-electron chi connectivity index (χ0n) is 8.68. The normalized spacial score (nSPS) is 12.1. The molecule has 1 aromatic rings. The maximum Gasteiger partial charge on any atom is 0.330 e. The molecule has 0 amide bonds. The van der Waals surface area contributed by atoms with Gasteiger partial charge in [0.1, 0.15) is 11.8 Å². The highest BCUT2D eigenvalue weighted by Crippen LogP contribution is 2.08. The number of rotatable bonds is 5. The van der Waals surface area contributed by atoms with Crippen LogP contribution in [0.5, 0.6) is 5.75 Å². The predicted molar refractivity (Wildman–Crippen MR) is 56.5 cm³/mol. The van der Waals surface area contributed by atoms with Crippen molar-refractivity contribution in [3.8, 4) is 5.75 Å². The van der Waals surface area contributed by atoms with Crippen LogP contribution < -0.4 is 10.5 Å². The van der Waals surface area contributed by atoms with Crippen molar-refractivity contribution >= 4 is 5.97 Å². The fraction of sp³-hybridized carbons (Fsp3) is 0.364. The van der Waals surface area contributed by atoms with E-state index in [-0.39, 0.29) is 6.61 Å². The van der Waals surface area contributed by atoms with E-state index in [4.69, 9.17) is 15.2 Å². The second kappa shape index (κ2) is 6.16.